The number of hydrogen-bond acceptors (Lipinski definition) is 0. The van der Waals surface area contributed by atoms with Gasteiger partial charge in [0.05, 0.1) is 54.4 Å². The van der Waals surface area contributed by atoms with E-state index in [0.717, 1.165) is 0 Å². The van der Waals surface area contributed by atoms with Crippen molar-refractivity contribution in [3.63, 3.8) is 0 Å². The molecule has 0 aliphatic heterocycles. The molecule has 31 heavy (non-hydrogen) atoms. The maximum absolute atomic E-state index is 2.44. The van der Waals surface area contributed by atoms with Crippen LogP contribution in [-0.2, 0) is 0 Å². The molecule has 0 aliphatic rings. The molecule has 0 unspecified atom stereocenters. The van der Waals surface area contributed by atoms with Crippen molar-refractivity contribution >= 4 is 0 Å². The molecule has 4 heteroatoms. The van der Waals surface area contributed by atoms with E-state index in [2.05, 4.69) is 42.0 Å². The van der Waals surface area contributed by atoms with Gasteiger partial charge in [0.15, 0.2) is 0 Å². The van der Waals surface area contributed by atoms with Gasteiger partial charge < -0.3 is 42.9 Å². The molecule has 0 rings (SSSR count). The van der Waals surface area contributed by atoms with Gasteiger partial charge in [0.25, 0.3) is 0 Å². The summed E-state index contributed by atoms with van der Waals surface area (Å²) in [6.07, 6.45) is 24.2. The highest BCUT2D eigenvalue weighted by atomic mass is 79.9. The predicted molar refractivity (Wildman–Crippen MR) is 134 cm³/mol. The summed E-state index contributed by atoms with van der Waals surface area (Å²) in [5.41, 5.74) is 0. The highest BCUT2D eigenvalue weighted by Crippen LogP contribution is 2.13. The fourth-order valence-corrected chi connectivity index (χ4v) is 4.47. The van der Waals surface area contributed by atoms with E-state index in [1.807, 2.05) is 0 Å². The number of quaternary nitrogens is 2. The lowest BCUT2D eigenvalue weighted by atomic mass is 10.1. The number of nitrogens with zero attached hydrogens (tertiary/aromatic N) is 2. The Kier molecular flexibility index (Phi) is 28.2. The average molecular weight is 573 g/mol. The molecule has 0 atom stereocenters. The van der Waals surface area contributed by atoms with Crippen molar-refractivity contribution in [3.05, 3.63) is 0 Å². The van der Waals surface area contributed by atoms with E-state index in [1.54, 1.807) is 0 Å². The van der Waals surface area contributed by atoms with Gasteiger partial charge in [-0.05, 0) is 44.9 Å². The lowest BCUT2D eigenvalue weighted by molar-refractivity contribution is -0.892. The molecule has 0 spiro atoms. The van der Waals surface area contributed by atoms with Crippen molar-refractivity contribution in [1.29, 1.82) is 0 Å². The molecule has 0 aromatic carbocycles. The van der Waals surface area contributed by atoms with Crippen molar-refractivity contribution in [1.82, 2.24) is 0 Å². The lowest BCUT2D eigenvalue weighted by Gasteiger charge is -2.31. The Morgan fingerprint density at radius 1 is 0.323 bits per heavy atom. The van der Waals surface area contributed by atoms with Crippen molar-refractivity contribution in [2.75, 3.05) is 54.4 Å². The third-order valence-electron chi connectivity index (χ3n) is 6.76. The van der Waals surface area contributed by atoms with Gasteiger partial charge in [-0.3, -0.25) is 0 Å². The number of hydrogen-bond donors (Lipinski definition) is 0. The molecule has 0 bridgehead atoms. The van der Waals surface area contributed by atoms with Crippen LogP contribution >= 0.6 is 0 Å². The molecule has 0 radical (unpaired) electrons. The molecule has 0 amide bonds. The van der Waals surface area contributed by atoms with Crippen LogP contribution < -0.4 is 34.0 Å². The van der Waals surface area contributed by atoms with Gasteiger partial charge in [-0.1, -0.05) is 78.1 Å². The van der Waals surface area contributed by atoms with Gasteiger partial charge in [0.2, 0.25) is 0 Å². The molecule has 0 saturated carbocycles. The highest BCUT2D eigenvalue weighted by Gasteiger charge is 2.16. The van der Waals surface area contributed by atoms with E-state index < -0.39 is 0 Å². The molecular weight excluding hydrogens is 512 g/mol. The Hall–Kier alpha value is 0.880. The molecule has 0 aromatic heterocycles. The maximum Gasteiger partial charge on any atom is 0.0782 e. The highest BCUT2D eigenvalue weighted by molar-refractivity contribution is 4.48. The minimum Gasteiger partial charge on any atom is -1.00 e. The Balaban J connectivity index is -0.00000392. The monoisotopic (exact) mass is 570 g/mol. The summed E-state index contributed by atoms with van der Waals surface area (Å²) in [4.78, 5) is 0. The fourth-order valence-electron chi connectivity index (χ4n) is 4.47. The summed E-state index contributed by atoms with van der Waals surface area (Å²) in [5, 5.41) is 0. The molecule has 0 aromatic rings. The summed E-state index contributed by atoms with van der Waals surface area (Å²) in [6.45, 7) is 10.1. The van der Waals surface area contributed by atoms with Gasteiger partial charge in [0.1, 0.15) is 0 Å². The molecule has 0 aliphatic carbocycles. The standard InChI is InChI=1S/C27H60N2.2BrH/c1-7-9-11-13-15-17-20-24-28(3,4)26-22-19-23-27-29(5,6)25-21-18-16-14-12-10-8-2;;/h7-27H2,1-6H3;2*1H/q+2;;/p-2. The first-order chi connectivity index (χ1) is 13.8. The van der Waals surface area contributed by atoms with E-state index in [4.69, 9.17) is 0 Å². The summed E-state index contributed by atoms with van der Waals surface area (Å²) >= 11 is 0. The van der Waals surface area contributed by atoms with Crippen LogP contribution in [0.15, 0.2) is 0 Å². The van der Waals surface area contributed by atoms with Crippen LogP contribution in [0.25, 0.3) is 0 Å². The normalized spacial score (nSPS) is 11.8. The first-order valence-corrected chi connectivity index (χ1v) is 13.5. The summed E-state index contributed by atoms with van der Waals surface area (Å²) in [6, 6.07) is 0. The molecule has 192 valence electrons. The van der Waals surface area contributed by atoms with Gasteiger partial charge >= 0.3 is 0 Å². The van der Waals surface area contributed by atoms with Gasteiger partial charge in [-0.2, -0.15) is 0 Å². The molecule has 2 nitrogen and oxygen atoms in total. The third-order valence-corrected chi connectivity index (χ3v) is 6.76. The van der Waals surface area contributed by atoms with Crippen LogP contribution in [0, 0.1) is 0 Å². The van der Waals surface area contributed by atoms with Crippen LogP contribution in [0.1, 0.15) is 123 Å². The van der Waals surface area contributed by atoms with Crippen LogP contribution in [0.5, 0.6) is 0 Å². The van der Waals surface area contributed by atoms with Crippen LogP contribution in [0.4, 0.5) is 0 Å². The van der Waals surface area contributed by atoms with Crippen molar-refractivity contribution in [2.45, 2.75) is 123 Å². The van der Waals surface area contributed by atoms with Gasteiger partial charge in [0, 0.05) is 0 Å². The largest absolute Gasteiger partial charge is 1.00 e. The van der Waals surface area contributed by atoms with E-state index >= 15 is 0 Å². The number of rotatable bonds is 22. The lowest BCUT2D eigenvalue weighted by Crippen LogP contribution is -3.00. The quantitative estimate of drug-likeness (QED) is 0.137. The Morgan fingerprint density at radius 3 is 0.774 bits per heavy atom. The molecule has 0 saturated heterocycles. The minimum atomic E-state index is 0. The van der Waals surface area contributed by atoms with Crippen LogP contribution in [0.3, 0.4) is 0 Å². The van der Waals surface area contributed by atoms with E-state index in [-0.39, 0.29) is 34.0 Å². The molecule has 0 heterocycles. The summed E-state index contributed by atoms with van der Waals surface area (Å²) < 4.78 is 2.45. The Bertz CT molecular complexity index is 314. The Labute approximate surface area is 219 Å². The first kappa shape index (κ1) is 36.4. The van der Waals surface area contributed by atoms with Gasteiger partial charge in [-0.25, -0.2) is 0 Å². The topological polar surface area (TPSA) is 0 Å². The zero-order valence-corrected chi connectivity index (χ0v) is 25.7. The van der Waals surface area contributed by atoms with Crippen molar-refractivity contribution in [2.24, 2.45) is 0 Å². The maximum atomic E-state index is 2.44. The first-order valence-electron chi connectivity index (χ1n) is 13.5. The summed E-state index contributed by atoms with van der Waals surface area (Å²) in [5.74, 6) is 0. The predicted octanol–water partition coefficient (Wildman–Crippen LogP) is 1.82. The SMILES string of the molecule is CCCCCCCCC[N+](C)(C)CCCCC[N+](C)(C)CCCCCCCCC.[Br-].[Br-]. The van der Waals surface area contributed by atoms with Crippen molar-refractivity contribution in [3.8, 4) is 0 Å². The smallest absolute Gasteiger partial charge is 0.0782 e. The fraction of sp³-hybridized carbons (Fsp3) is 1.00. The average Bonchev–Trinajstić information content (AvgIpc) is 2.66. The van der Waals surface area contributed by atoms with Crippen LogP contribution in [-0.4, -0.2) is 63.3 Å². The number of halogens is 2. The van der Waals surface area contributed by atoms with Crippen molar-refractivity contribution < 1.29 is 42.9 Å². The van der Waals surface area contributed by atoms with E-state index in [0.29, 0.717) is 0 Å². The van der Waals surface area contributed by atoms with E-state index in [1.165, 1.54) is 144 Å². The number of unbranched alkanes of at least 4 members (excludes halogenated alkanes) is 14. The van der Waals surface area contributed by atoms with Gasteiger partial charge in [-0.15, -0.1) is 0 Å². The molecule has 0 N–H and O–H groups in total. The minimum absolute atomic E-state index is 0. The molecule has 0 fully saturated rings. The molecular formula is C27H60Br2N2. The Morgan fingerprint density at radius 2 is 0.516 bits per heavy atom. The zero-order valence-electron chi connectivity index (χ0n) is 22.5. The third kappa shape index (κ3) is 27.0. The second-order valence-electron chi connectivity index (χ2n) is 11.1. The zero-order chi connectivity index (χ0) is 21.8. The second kappa shape index (κ2) is 24.0. The second-order valence-corrected chi connectivity index (χ2v) is 11.1. The summed E-state index contributed by atoms with van der Waals surface area (Å²) in [7, 11) is 9.77. The van der Waals surface area contributed by atoms with E-state index in [9.17, 15) is 0 Å². The van der Waals surface area contributed by atoms with Crippen LogP contribution in [0.2, 0.25) is 0 Å².